The molecule has 0 unspecified atom stereocenters. The van der Waals surface area contributed by atoms with Crippen LogP contribution in [0.15, 0.2) is 34.7 Å². The van der Waals surface area contributed by atoms with Crippen molar-refractivity contribution in [2.45, 2.75) is 32.7 Å². The van der Waals surface area contributed by atoms with Crippen LogP contribution in [0.5, 0.6) is 11.5 Å². The van der Waals surface area contributed by atoms with Crippen LogP contribution in [0.2, 0.25) is 0 Å². The minimum absolute atomic E-state index is 0.170. The van der Waals surface area contributed by atoms with Gasteiger partial charge in [0.2, 0.25) is 0 Å². The molecule has 7 nitrogen and oxygen atoms in total. The maximum absolute atomic E-state index is 6.06. The Bertz CT molecular complexity index is 1160. The predicted molar refractivity (Wildman–Crippen MR) is 108 cm³/mol. The number of oxazole rings is 1. The molecule has 0 fully saturated rings. The maximum atomic E-state index is 6.06. The topological polar surface area (TPSA) is 88.3 Å². The average molecular weight is 378 g/mol. The monoisotopic (exact) mass is 378 g/mol. The number of nitrogens with zero attached hydrogens (tertiary/aromatic N) is 3. The second kappa shape index (κ2) is 6.74. The molecule has 0 atom stereocenters. The highest BCUT2D eigenvalue weighted by Gasteiger charge is 2.20. The number of aryl methyl sites for hydroxylation is 1. The molecule has 0 saturated carbocycles. The number of aromatic nitrogens is 3. The first-order valence-corrected chi connectivity index (χ1v) is 9.69. The summed E-state index contributed by atoms with van der Waals surface area (Å²) in [6.07, 6.45) is 2.98. The van der Waals surface area contributed by atoms with Crippen LogP contribution in [-0.4, -0.2) is 27.7 Å². The number of benzene rings is 2. The molecule has 2 N–H and O–H groups in total. The molecule has 28 heavy (non-hydrogen) atoms. The first-order valence-electron chi connectivity index (χ1n) is 9.69. The normalized spacial score (nSPS) is 14.0. The number of ether oxygens (including phenoxy) is 2. The highest BCUT2D eigenvalue weighted by molar-refractivity contribution is 5.89. The number of imidazole rings is 1. The summed E-state index contributed by atoms with van der Waals surface area (Å²) >= 11 is 0. The van der Waals surface area contributed by atoms with Crippen LogP contribution >= 0.6 is 0 Å². The number of nitrogens with two attached hydrogens (primary N) is 1. The van der Waals surface area contributed by atoms with Gasteiger partial charge in [-0.2, -0.15) is 4.98 Å². The zero-order valence-corrected chi connectivity index (χ0v) is 15.8. The van der Waals surface area contributed by atoms with E-state index in [9.17, 15) is 0 Å². The number of nitrogen functional groups attached to an aromatic ring is 1. The van der Waals surface area contributed by atoms with Crippen LogP contribution in [0, 0.1) is 0 Å². The average Bonchev–Trinajstić information content (AvgIpc) is 3.22. The number of rotatable bonds is 4. The number of anilines is 1. The molecule has 4 aromatic rings. The highest BCUT2D eigenvalue weighted by atomic mass is 16.5. The van der Waals surface area contributed by atoms with Crippen LogP contribution in [0.1, 0.15) is 26.2 Å². The molecule has 0 aliphatic carbocycles. The summed E-state index contributed by atoms with van der Waals surface area (Å²) in [6, 6.07) is 9.98. The Morgan fingerprint density at radius 1 is 1.14 bits per heavy atom. The maximum Gasteiger partial charge on any atom is 0.292 e. The summed E-state index contributed by atoms with van der Waals surface area (Å²) in [5.41, 5.74) is 9.95. The molecule has 0 radical (unpaired) electrons. The van der Waals surface area contributed by atoms with Crippen molar-refractivity contribution in [3.63, 3.8) is 0 Å². The molecule has 2 aromatic carbocycles. The molecule has 3 heterocycles. The largest absolute Gasteiger partial charge is 0.493 e. The summed E-state index contributed by atoms with van der Waals surface area (Å²) < 4.78 is 19.5. The Morgan fingerprint density at radius 2 is 2.07 bits per heavy atom. The Kier molecular flexibility index (Phi) is 4.07. The lowest BCUT2D eigenvalue weighted by Crippen LogP contribution is -2.09. The molecule has 1 aliphatic heterocycles. The van der Waals surface area contributed by atoms with Gasteiger partial charge >= 0.3 is 0 Å². The van der Waals surface area contributed by atoms with Gasteiger partial charge in [-0.3, -0.25) is 0 Å². The summed E-state index contributed by atoms with van der Waals surface area (Å²) in [5.74, 6) is 2.51. The molecule has 2 aromatic heterocycles. The number of hydrogen-bond acceptors (Lipinski definition) is 6. The standard InChI is InChI=1S/C21H22N4O3/c1-2-8-26-14-11-16-19-18(12-14)27-9-4-3-7-25(19)20(23-16)13-5-6-17-15(10-13)24-21(22)28-17/h5-6,10-12H,2-4,7-9H2,1H3,(H2,22,24). The molecular weight excluding hydrogens is 356 g/mol. The Balaban J connectivity index is 1.70. The van der Waals surface area contributed by atoms with Gasteiger partial charge in [-0.05, 0) is 37.5 Å². The number of hydrogen-bond donors (Lipinski definition) is 1. The summed E-state index contributed by atoms with van der Waals surface area (Å²) in [6.45, 7) is 4.35. The third kappa shape index (κ3) is 2.83. The first kappa shape index (κ1) is 16.9. The third-order valence-electron chi connectivity index (χ3n) is 4.95. The lowest BCUT2D eigenvalue weighted by molar-refractivity contribution is 0.291. The van der Waals surface area contributed by atoms with Gasteiger partial charge in [-0.15, -0.1) is 0 Å². The lowest BCUT2D eigenvalue weighted by atomic mass is 10.2. The molecule has 7 heteroatoms. The van der Waals surface area contributed by atoms with E-state index in [0.29, 0.717) is 18.8 Å². The first-order chi connectivity index (χ1) is 13.7. The van der Waals surface area contributed by atoms with Gasteiger partial charge in [0.15, 0.2) is 5.58 Å². The fraction of sp³-hybridized carbons (Fsp3) is 0.333. The third-order valence-corrected chi connectivity index (χ3v) is 4.95. The molecular formula is C21H22N4O3. The van der Waals surface area contributed by atoms with Gasteiger partial charge in [0.1, 0.15) is 28.4 Å². The Hall–Kier alpha value is -3.22. The van der Waals surface area contributed by atoms with E-state index in [2.05, 4.69) is 16.5 Å². The Labute approximate surface area is 162 Å². The second-order valence-corrected chi connectivity index (χ2v) is 7.01. The van der Waals surface area contributed by atoms with Gasteiger partial charge in [-0.1, -0.05) is 6.92 Å². The van der Waals surface area contributed by atoms with Crippen LogP contribution in [0.4, 0.5) is 6.01 Å². The quantitative estimate of drug-likeness (QED) is 0.567. The summed E-state index contributed by atoms with van der Waals surface area (Å²) in [5, 5.41) is 0. The van der Waals surface area contributed by atoms with E-state index in [1.807, 2.05) is 30.3 Å². The van der Waals surface area contributed by atoms with E-state index in [4.69, 9.17) is 24.6 Å². The van der Waals surface area contributed by atoms with Crippen molar-refractivity contribution in [2.75, 3.05) is 18.9 Å². The number of fused-ring (bicyclic) bond motifs is 1. The minimum Gasteiger partial charge on any atom is -0.493 e. The van der Waals surface area contributed by atoms with E-state index in [1.165, 1.54) is 0 Å². The SMILES string of the molecule is CCCOc1cc2c3c(c1)nc(-c1ccc4oc(N)nc4c1)n3CCCCO2. The van der Waals surface area contributed by atoms with Crippen LogP contribution in [0.3, 0.4) is 0 Å². The fourth-order valence-corrected chi connectivity index (χ4v) is 3.70. The zero-order chi connectivity index (χ0) is 19.1. The molecule has 0 amide bonds. The van der Waals surface area contributed by atoms with Gasteiger partial charge in [0.05, 0.1) is 18.7 Å². The van der Waals surface area contributed by atoms with Gasteiger partial charge in [-0.25, -0.2) is 4.98 Å². The van der Waals surface area contributed by atoms with Crippen molar-refractivity contribution in [2.24, 2.45) is 0 Å². The zero-order valence-electron chi connectivity index (χ0n) is 15.8. The molecule has 1 aliphatic rings. The van der Waals surface area contributed by atoms with E-state index in [1.54, 1.807) is 0 Å². The van der Waals surface area contributed by atoms with Crippen LogP contribution in [0.25, 0.3) is 33.5 Å². The molecule has 0 saturated heterocycles. The lowest BCUT2D eigenvalue weighted by Gasteiger charge is -2.17. The van der Waals surface area contributed by atoms with Crippen molar-refractivity contribution in [3.8, 4) is 22.9 Å². The van der Waals surface area contributed by atoms with Crippen molar-refractivity contribution in [3.05, 3.63) is 30.3 Å². The molecule has 0 bridgehead atoms. The molecule has 5 rings (SSSR count). The van der Waals surface area contributed by atoms with Crippen LogP contribution in [-0.2, 0) is 6.54 Å². The smallest absolute Gasteiger partial charge is 0.292 e. The fourth-order valence-electron chi connectivity index (χ4n) is 3.70. The minimum atomic E-state index is 0.170. The van der Waals surface area contributed by atoms with Crippen molar-refractivity contribution in [1.29, 1.82) is 0 Å². The molecule has 0 spiro atoms. The van der Waals surface area contributed by atoms with E-state index in [0.717, 1.165) is 65.2 Å². The van der Waals surface area contributed by atoms with Gasteiger partial charge < -0.3 is 24.2 Å². The van der Waals surface area contributed by atoms with Crippen molar-refractivity contribution in [1.82, 2.24) is 14.5 Å². The van der Waals surface area contributed by atoms with E-state index < -0.39 is 0 Å². The highest BCUT2D eigenvalue weighted by Crippen LogP contribution is 2.37. The van der Waals surface area contributed by atoms with Crippen LogP contribution < -0.4 is 15.2 Å². The van der Waals surface area contributed by atoms with Gasteiger partial charge in [0.25, 0.3) is 6.01 Å². The van der Waals surface area contributed by atoms with Gasteiger partial charge in [0, 0.05) is 24.2 Å². The summed E-state index contributed by atoms with van der Waals surface area (Å²) in [7, 11) is 0. The molecule has 144 valence electrons. The predicted octanol–water partition coefficient (Wildman–Crippen LogP) is 4.39. The van der Waals surface area contributed by atoms with E-state index in [-0.39, 0.29) is 6.01 Å². The van der Waals surface area contributed by atoms with Crippen molar-refractivity contribution < 1.29 is 13.9 Å². The van der Waals surface area contributed by atoms with E-state index >= 15 is 0 Å². The Morgan fingerprint density at radius 3 is 2.96 bits per heavy atom. The van der Waals surface area contributed by atoms with Crippen molar-refractivity contribution >= 4 is 28.1 Å². The second-order valence-electron chi connectivity index (χ2n) is 7.01. The summed E-state index contributed by atoms with van der Waals surface area (Å²) in [4.78, 5) is 9.18.